The molecule has 1 rings (SSSR count). The minimum absolute atomic E-state index is 0.338. The summed E-state index contributed by atoms with van der Waals surface area (Å²) in [4.78, 5) is 4.08. The number of hydrogen-bond donors (Lipinski definition) is 0. The van der Waals surface area contributed by atoms with E-state index in [0.717, 1.165) is 18.8 Å². The van der Waals surface area contributed by atoms with Crippen LogP contribution in [-0.2, 0) is 4.74 Å². The van der Waals surface area contributed by atoms with Crippen LogP contribution < -0.4 is 0 Å². The van der Waals surface area contributed by atoms with E-state index in [1.807, 2.05) is 11.7 Å². The van der Waals surface area contributed by atoms with Crippen molar-refractivity contribution in [3.63, 3.8) is 0 Å². The van der Waals surface area contributed by atoms with Gasteiger partial charge in [-0.25, -0.2) is 0 Å². The third kappa shape index (κ3) is 3.93. The first-order valence-corrected chi connectivity index (χ1v) is 5.26. The van der Waals surface area contributed by atoms with Crippen LogP contribution in [0.1, 0.15) is 20.3 Å². The fourth-order valence-electron chi connectivity index (χ4n) is 0.923. The van der Waals surface area contributed by atoms with Crippen molar-refractivity contribution in [2.45, 2.75) is 26.4 Å². The smallest absolute Gasteiger partial charge is 0.0599 e. The maximum Gasteiger partial charge on any atom is 0.0599 e. The molecule has 0 aromatic rings. The van der Waals surface area contributed by atoms with Crippen LogP contribution in [0.3, 0.4) is 0 Å². The van der Waals surface area contributed by atoms with E-state index in [4.69, 9.17) is 4.74 Å². The molecule has 0 aliphatic carbocycles. The van der Waals surface area contributed by atoms with Gasteiger partial charge in [-0.3, -0.25) is 4.99 Å². The van der Waals surface area contributed by atoms with Crippen molar-refractivity contribution < 1.29 is 4.74 Å². The fourth-order valence-corrected chi connectivity index (χ4v) is 1.58. The van der Waals surface area contributed by atoms with Gasteiger partial charge in [-0.15, -0.1) is 11.8 Å². The van der Waals surface area contributed by atoms with Gasteiger partial charge in [0.05, 0.1) is 18.3 Å². The first-order valence-electron chi connectivity index (χ1n) is 4.22. The average molecular weight is 185 g/mol. The fraction of sp³-hybridized carbons (Fsp3) is 0.667. The number of ether oxygens (including phenoxy) is 1. The van der Waals surface area contributed by atoms with E-state index >= 15 is 0 Å². The second-order valence-corrected chi connectivity index (χ2v) is 3.86. The van der Waals surface area contributed by atoms with Crippen molar-refractivity contribution in [3.8, 4) is 0 Å². The average Bonchev–Trinajstić information content (AvgIpc) is 2.05. The molecule has 68 valence electrons. The normalized spacial score (nSPS) is 16.8. The molecule has 0 atom stereocenters. The molecule has 1 heterocycles. The lowest BCUT2D eigenvalue weighted by Gasteiger charge is -2.10. The molecule has 12 heavy (non-hydrogen) atoms. The van der Waals surface area contributed by atoms with E-state index < -0.39 is 0 Å². The lowest BCUT2D eigenvalue weighted by atomic mass is 10.2. The second kappa shape index (κ2) is 5.38. The summed E-state index contributed by atoms with van der Waals surface area (Å²) in [5.74, 6) is 1.07. The Morgan fingerprint density at radius 3 is 3.08 bits per heavy atom. The van der Waals surface area contributed by atoms with Gasteiger partial charge in [-0.1, -0.05) is 0 Å². The van der Waals surface area contributed by atoms with Crippen LogP contribution in [0, 0.1) is 0 Å². The van der Waals surface area contributed by atoms with Gasteiger partial charge in [-0.05, 0) is 25.8 Å². The van der Waals surface area contributed by atoms with Crippen LogP contribution in [0.5, 0.6) is 0 Å². The Bertz CT molecular complexity index is 187. The monoisotopic (exact) mass is 185 g/mol. The van der Waals surface area contributed by atoms with Gasteiger partial charge in [0.25, 0.3) is 0 Å². The summed E-state index contributed by atoms with van der Waals surface area (Å²) in [6, 6.07) is 0. The predicted octanol–water partition coefficient (Wildman–Crippen LogP) is 2.46. The molecule has 2 nitrogen and oxygen atoms in total. The molecule has 0 spiro atoms. The number of rotatable bonds is 4. The lowest BCUT2D eigenvalue weighted by molar-refractivity contribution is 0.0814. The summed E-state index contributed by atoms with van der Waals surface area (Å²) in [5.41, 5.74) is 3.26. The second-order valence-electron chi connectivity index (χ2n) is 3.02. The summed E-state index contributed by atoms with van der Waals surface area (Å²) in [6.45, 7) is 4.93. The van der Waals surface area contributed by atoms with E-state index in [0.29, 0.717) is 6.10 Å². The maximum absolute atomic E-state index is 5.44. The highest BCUT2D eigenvalue weighted by Crippen LogP contribution is 2.14. The van der Waals surface area contributed by atoms with E-state index in [1.165, 1.54) is 5.57 Å². The summed E-state index contributed by atoms with van der Waals surface area (Å²) in [5, 5.41) is 0. The predicted molar refractivity (Wildman–Crippen MR) is 54.7 cm³/mol. The largest absolute Gasteiger partial charge is 0.378 e. The highest BCUT2D eigenvalue weighted by Gasteiger charge is 2.01. The number of hydrogen-bond acceptors (Lipinski definition) is 3. The summed E-state index contributed by atoms with van der Waals surface area (Å²) in [7, 11) is 0. The molecule has 0 saturated heterocycles. The van der Waals surface area contributed by atoms with Crippen LogP contribution in [0.4, 0.5) is 0 Å². The van der Waals surface area contributed by atoms with Gasteiger partial charge in [0, 0.05) is 12.0 Å². The first kappa shape index (κ1) is 9.81. The van der Waals surface area contributed by atoms with Crippen LogP contribution >= 0.6 is 11.8 Å². The van der Waals surface area contributed by atoms with E-state index in [2.05, 4.69) is 18.8 Å². The Morgan fingerprint density at radius 2 is 2.50 bits per heavy atom. The zero-order valence-corrected chi connectivity index (χ0v) is 8.43. The molecule has 0 bridgehead atoms. The van der Waals surface area contributed by atoms with E-state index in [9.17, 15) is 0 Å². The Kier molecular flexibility index (Phi) is 4.40. The molecular weight excluding hydrogens is 170 g/mol. The molecule has 1 aliphatic rings. The van der Waals surface area contributed by atoms with Crippen LogP contribution in [-0.4, -0.2) is 24.0 Å². The van der Waals surface area contributed by atoms with Gasteiger partial charge >= 0.3 is 0 Å². The maximum atomic E-state index is 5.44. The molecule has 0 fully saturated rings. The number of aliphatic imine (C=N–C) groups is 1. The van der Waals surface area contributed by atoms with E-state index in [-0.39, 0.29) is 0 Å². The third-order valence-electron chi connectivity index (χ3n) is 1.54. The summed E-state index contributed by atoms with van der Waals surface area (Å²) >= 11 is 1.75. The molecule has 0 amide bonds. The van der Waals surface area contributed by atoms with Crippen molar-refractivity contribution in [1.29, 1.82) is 0 Å². The van der Waals surface area contributed by atoms with Crippen molar-refractivity contribution in [1.82, 2.24) is 0 Å². The Hall–Kier alpha value is -0.280. The van der Waals surface area contributed by atoms with Crippen molar-refractivity contribution >= 4 is 17.3 Å². The van der Waals surface area contributed by atoms with Gasteiger partial charge < -0.3 is 4.74 Å². The molecule has 1 aliphatic heterocycles. The zero-order valence-electron chi connectivity index (χ0n) is 7.62. The molecule has 0 saturated carbocycles. The Morgan fingerprint density at radius 1 is 1.67 bits per heavy atom. The van der Waals surface area contributed by atoms with Gasteiger partial charge in [0.2, 0.25) is 0 Å². The van der Waals surface area contributed by atoms with E-state index in [1.54, 1.807) is 11.8 Å². The van der Waals surface area contributed by atoms with Crippen molar-refractivity contribution in [2.24, 2.45) is 4.99 Å². The third-order valence-corrected chi connectivity index (χ3v) is 2.34. The minimum Gasteiger partial charge on any atom is -0.378 e. The summed E-state index contributed by atoms with van der Waals surface area (Å²) in [6.07, 6.45) is 3.30. The van der Waals surface area contributed by atoms with Crippen LogP contribution in [0.25, 0.3) is 0 Å². The van der Waals surface area contributed by atoms with Gasteiger partial charge in [-0.2, -0.15) is 0 Å². The SMILES string of the molecule is CC(C)OCCC1=CN=CSC1. The standard InChI is InChI=1S/C9H15NOS/c1-8(2)11-4-3-9-5-10-7-12-6-9/h5,7-8H,3-4,6H2,1-2H3. The van der Waals surface area contributed by atoms with Crippen LogP contribution in [0.15, 0.2) is 16.8 Å². The number of nitrogens with zero attached hydrogens (tertiary/aromatic N) is 1. The molecule has 0 N–H and O–H groups in total. The number of thioether (sulfide) groups is 1. The minimum atomic E-state index is 0.338. The zero-order chi connectivity index (χ0) is 8.81. The molecule has 0 unspecified atom stereocenters. The Balaban J connectivity index is 2.14. The highest BCUT2D eigenvalue weighted by atomic mass is 32.2. The lowest BCUT2D eigenvalue weighted by Crippen LogP contribution is -2.05. The molecule has 0 aromatic heterocycles. The quantitative estimate of drug-likeness (QED) is 0.671. The van der Waals surface area contributed by atoms with Crippen molar-refractivity contribution in [3.05, 3.63) is 11.8 Å². The Labute approximate surface area is 78.1 Å². The molecular formula is C9H15NOS. The molecule has 0 radical (unpaired) electrons. The van der Waals surface area contributed by atoms with Crippen LogP contribution in [0.2, 0.25) is 0 Å². The molecule has 3 heteroatoms. The topological polar surface area (TPSA) is 21.6 Å². The highest BCUT2D eigenvalue weighted by molar-refractivity contribution is 8.12. The molecule has 0 aromatic carbocycles. The summed E-state index contributed by atoms with van der Waals surface area (Å²) < 4.78 is 5.44. The van der Waals surface area contributed by atoms with Crippen molar-refractivity contribution in [2.75, 3.05) is 12.4 Å². The van der Waals surface area contributed by atoms with Gasteiger partial charge in [0.1, 0.15) is 0 Å². The first-order chi connectivity index (χ1) is 5.79. The van der Waals surface area contributed by atoms with Gasteiger partial charge in [0.15, 0.2) is 0 Å².